The van der Waals surface area contributed by atoms with Crippen LogP contribution in [0.1, 0.15) is 69.8 Å². The van der Waals surface area contributed by atoms with Crippen molar-refractivity contribution in [3.05, 3.63) is 71.3 Å². The van der Waals surface area contributed by atoms with Gasteiger partial charge in [0.15, 0.2) is 0 Å². The maximum absolute atomic E-state index is 9.88. The number of ether oxygens (including phenoxy) is 1. The van der Waals surface area contributed by atoms with E-state index in [1.807, 2.05) is 0 Å². The van der Waals surface area contributed by atoms with Crippen LogP contribution < -0.4 is 0 Å². The molecule has 2 aromatic carbocycles. The highest BCUT2D eigenvalue weighted by molar-refractivity contribution is 5.83. The third kappa shape index (κ3) is 2.78. The summed E-state index contributed by atoms with van der Waals surface area (Å²) in [6.07, 6.45) is 14.6. The fraction of sp³-hybridized carbons (Fsp3) is 0.562. The lowest BCUT2D eigenvalue weighted by molar-refractivity contribution is -0.147. The third-order valence-corrected chi connectivity index (χ3v) is 11.2. The molecule has 4 fully saturated rings. The van der Waals surface area contributed by atoms with Gasteiger partial charge in [-0.15, -0.1) is 0 Å². The number of hydrogen-bond acceptors (Lipinski definition) is 3. The Kier molecular flexibility index (Phi) is 4.29. The van der Waals surface area contributed by atoms with Crippen molar-refractivity contribution in [3.63, 3.8) is 0 Å². The Morgan fingerprint density at radius 3 is 2.71 bits per heavy atom. The Hall–Kier alpha value is -1.94. The summed E-state index contributed by atoms with van der Waals surface area (Å²) in [5.41, 5.74) is 4.72. The number of likely N-dealkylation sites (tertiary alicyclic amines) is 1. The van der Waals surface area contributed by atoms with Gasteiger partial charge >= 0.3 is 0 Å². The average Bonchev–Trinajstić information content (AvgIpc) is 3.36. The van der Waals surface area contributed by atoms with E-state index >= 15 is 0 Å². The molecule has 2 unspecified atom stereocenters. The molecule has 3 aliphatic carbocycles. The zero-order valence-corrected chi connectivity index (χ0v) is 20.9. The molecule has 2 saturated heterocycles. The molecule has 0 amide bonds. The van der Waals surface area contributed by atoms with Gasteiger partial charge in [-0.05, 0) is 96.1 Å². The van der Waals surface area contributed by atoms with Gasteiger partial charge in [0.25, 0.3) is 0 Å². The van der Waals surface area contributed by atoms with Crippen LogP contribution in [0.4, 0.5) is 0 Å². The van der Waals surface area contributed by atoms with Gasteiger partial charge in [0.05, 0.1) is 17.3 Å². The number of fused-ring (bicyclic) bond motifs is 2. The zero-order chi connectivity index (χ0) is 23.4. The number of hydrogen-bond donors (Lipinski definition) is 1. The summed E-state index contributed by atoms with van der Waals surface area (Å²) in [6.45, 7) is 4.28. The summed E-state index contributed by atoms with van der Waals surface area (Å²) in [7, 11) is 0. The molecule has 2 bridgehead atoms. The summed E-state index contributed by atoms with van der Waals surface area (Å²) in [5.74, 6) is 1.19. The minimum absolute atomic E-state index is 0.0555. The van der Waals surface area contributed by atoms with E-state index in [2.05, 4.69) is 66.4 Å². The third-order valence-electron chi connectivity index (χ3n) is 11.2. The molecule has 2 aromatic rings. The second-order valence-electron chi connectivity index (χ2n) is 12.8. The highest BCUT2D eigenvalue weighted by atomic mass is 16.5. The van der Waals surface area contributed by atoms with E-state index in [0.717, 1.165) is 25.9 Å². The van der Waals surface area contributed by atoms with Crippen LogP contribution in [0.15, 0.2) is 65.8 Å². The highest BCUT2D eigenvalue weighted by Gasteiger charge is 2.66. The van der Waals surface area contributed by atoms with Crippen LogP contribution in [-0.2, 0) is 4.74 Å². The standard InChI is InChI=1S/C32H37NO2/c1-30-13-12-25-17-24-8-9-26(33-19-27(34)20-33)18-31(24)14-15-32(25,35-31)29(30)11-10-28(30)23-7-6-21-4-2-3-5-22(21)16-23/h2-7,12,16-17,26-29,34H,8-11,13-15,18-20H2,1H3/t26?,28-,29-,30-,31-,32?/m1/s1. The van der Waals surface area contributed by atoms with E-state index in [4.69, 9.17) is 4.74 Å². The first kappa shape index (κ1) is 21.2. The van der Waals surface area contributed by atoms with E-state index in [9.17, 15) is 5.11 Å². The van der Waals surface area contributed by atoms with E-state index in [0.29, 0.717) is 17.9 Å². The second-order valence-corrected chi connectivity index (χ2v) is 12.8. The number of aliphatic hydroxyl groups excluding tert-OH is 1. The van der Waals surface area contributed by atoms with E-state index < -0.39 is 0 Å². The quantitative estimate of drug-likeness (QED) is 0.577. The molecule has 3 heteroatoms. The molecule has 0 aromatic heterocycles. The van der Waals surface area contributed by atoms with Crippen LogP contribution >= 0.6 is 0 Å². The van der Waals surface area contributed by atoms with Crippen molar-refractivity contribution in [1.29, 1.82) is 0 Å². The molecule has 6 aliphatic rings. The summed E-state index contributed by atoms with van der Waals surface area (Å²) in [6, 6.07) is 16.6. The first-order valence-corrected chi connectivity index (χ1v) is 14.0. The van der Waals surface area contributed by atoms with E-state index in [1.165, 1.54) is 60.4 Å². The lowest BCUT2D eigenvalue weighted by atomic mass is 9.58. The summed E-state index contributed by atoms with van der Waals surface area (Å²) in [4.78, 5) is 2.51. The largest absolute Gasteiger partial charge is 0.390 e. The summed E-state index contributed by atoms with van der Waals surface area (Å²) in [5, 5.41) is 12.6. The second kappa shape index (κ2) is 7.09. The van der Waals surface area contributed by atoms with Crippen LogP contribution in [0, 0.1) is 11.3 Å². The number of β-amino-alcohol motifs (C(OH)–C–C–N with tert-alkyl or cyclic N) is 1. The minimum Gasteiger partial charge on any atom is -0.390 e. The van der Waals surface area contributed by atoms with Crippen LogP contribution in [0.5, 0.6) is 0 Å². The molecule has 8 rings (SSSR count). The van der Waals surface area contributed by atoms with Crippen molar-refractivity contribution < 1.29 is 9.84 Å². The van der Waals surface area contributed by atoms with Crippen molar-refractivity contribution in [2.24, 2.45) is 11.3 Å². The van der Waals surface area contributed by atoms with Gasteiger partial charge in [0, 0.05) is 19.1 Å². The Balaban J connectivity index is 1.14. The molecule has 182 valence electrons. The van der Waals surface area contributed by atoms with E-state index in [-0.39, 0.29) is 22.7 Å². The smallest absolute Gasteiger partial charge is 0.0974 e. The number of aliphatic hydroxyl groups is 1. The first-order chi connectivity index (χ1) is 17.0. The minimum atomic E-state index is -0.120. The van der Waals surface area contributed by atoms with Crippen molar-refractivity contribution in [3.8, 4) is 0 Å². The van der Waals surface area contributed by atoms with Crippen LogP contribution in [0.25, 0.3) is 10.8 Å². The Bertz CT molecular complexity index is 1270. The van der Waals surface area contributed by atoms with Gasteiger partial charge in [0.1, 0.15) is 0 Å². The van der Waals surface area contributed by atoms with Crippen molar-refractivity contribution >= 4 is 10.8 Å². The number of rotatable bonds is 2. The lowest BCUT2D eigenvalue weighted by Gasteiger charge is -2.55. The molecule has 2 spiro atoms. The Labute approximate surface area is 208 Å². The van der Waals surface area contributed by atoms with Crippen LogP contribution in [-0.4, -0.2) is 46.4 Å². The molecular weight excluding hydrogens is 430 g/mol. The number of allylic oxidation sites excluding steroid dienone is 1. The van der Waals surface area contributed by atoms with Crippen molar-refractivity contribution in [1.82, 2.24) is 4.90 Å². The molecule has 35 heavy (non-hydrogen) atoms. The topological polar surface area (TPSA) is 32.7 Å². The molecule has 3 aliphatic heterocycles. The average molecular weight is 468 g/mol. The normalized spacial score (nSPS) is 42.6. The molecule has 3 nitrogen and oxygen atoms in total. The predicted octanol–water partition coefficient (Wildman–Crippen LogP) is 6.13. The van der Waals surface area contributed by atoms with Gasteiger partial charge in [-0.3, -0.25) is 4.90 Å². The van der Waals surface area contributed by atoms with Gasteiger partial charge in [-0.2, -0.15) is 0 Å². The van der Waals surface area contributed by atoms with Crippen molar-refractivity contribution in [2.45, 2.75) is 87.6 Å². The molecule has 3 heterocycles. The highest BCUT2D eigenvalue weighted by Crippen LogP contribution is 2.69. The molecular formula is C32H37NO2. The number of nitrogens with zero attached hydrogens (tertiary/aromatic N) is 1. The predicted molar refractivity (Wildman–Crippen MR) is 139 cm³/mol. The van der Waals surface area contributed by atoms with Gasteiger partial charge < -0.3 is 9.84 Å². The molecule has 2 saturated carbocycles. The van der Waals surface area contributed by atoms with Crippen LogP contribution in [0.2, 0.25) is 0 Å². The van der Waals surface area contributed by atoms with Crippen LogP contribution in [0.3, 0.4) is 0 Å². The maximum Gasteiger partial charge on any atom is 0.0974 e. The van der Waals surface area contributed by atoms with Gasteiger partial charge in [0.2, 0.25) is 0 Å². The first-order valence-electron chi connectivity index (χ1n) is 14.0. The molecule has 1 N–H and O–H groups in total. The fourth-order valence-electron chi connectivity index (χ4n) is 9.45. The van der Waals surface area contributed by atoms with E-state index in [1.54, 1.807) is 5.57 Å². The summed E-state index contributed by atoms with van der Waals surface area (Å²) < 4.78 is 7.46. The van der Waals surface area contributed by atoms with Gasteiger partial charge in [-0.1, -0.05) is 61.5 Å². The SMILES string of the molecule is C[C@]12CC=C3C=C4CCC(N5CC(O)C5)C[C@]45CCC3(O5)[C@@H]1CC[C@@H]2c1ccc2ccccc2c1. The fourth-order valence-corrected chi connectivity index (χ4v) is 9.45. The number of benzene rings is 2. The summed E-state index contributed by atoms with van der Waals surface area (Å²) >= 11 is 0. The van der Waals surface area contributed by atoms with Gasteiger partial charge in [-0.25, -0.2) is 0 Å². The maximum atomic E-state index is 9.88. The Morgan fingerprint density at radius 2 is 1.86 bits per heavy atom. The van der Waals surface area contributed by atoms with Crippen molar-refractivity contribution in [2.75, 3.05) is 13.1 Å². The Morgan fingerprint density at radius 1 is 1.00 bits per heavy atom. The molecule has 0 radical (unpaired) electrons. The molecule has 6 atom stereocenters. The lowest BCUT2D eigenvalue weighted by Crippen LogP contribution is -2.60. The zero-order valence-electron chi connectivity index (χ0n) is 20.9. The monoisotopic (exact) mass is 467 g/mol.